The number of hydrogen-bond donors (Lipinski definition) is 2. The Labute approximate surface area is 185 Å². The Morgan fingerprint density at radius 1 is 1.16 bits per heavy atom. The number of benzene rings is 1. The molecule has 1 amide bonds. The van der Waals surface area contributed by atoms with E-state index in [1.165, 1.54) is 11.9 Å². The van der Waals surface area contributed by atoms with Gasteiger partial charge >= 0.3 is 0 Å². The van der Waals surface area contributed by atoms with Gasteiger partial charge in [0.05, 0.1) is 11.6 Å². The number of aromatic nitrogens is 5. The Morgan fingerprint density at radius 3 is 2.62 bits per heavy atom. The first-order valence-electron chi connectivity index (χ1n) is 10.6. The minimum absolute atomic E-state index is 0.0201. The molecule has 0 bridgehead atoms. The van der Waals surface area contributed by atoms with E-state index in [1.807, 2.05) is 67.4 Å². The molecule has 32 heavy (non-hydrogen) atoms. The first kappa shape index (κ1) is 20.2. The van der Waals surface area contributed by atoms with E-state index in [0.717, 1.165) is 28.0 Å². The molecule has 4 aromatic rings. The van der Waals surface area contributed by atoms with E-state index < -0.39 is 5.41 Å². The van der Waals surface area contributed by atoms with E-state index in [1.54, 1.807) is 4.68 Å². The summed E-state index contributed by atoms with van der Waals surface area (Å²) in [6, 6.07) is 10.2. The van der Waals surface area contributed by atoms with Gasteiger partial charge in [-0.2, -0.15) is 10.2 Å². The van der Waals surface area contributed by atoms with Gasteiger partial charge in [0.15, 0.2) is 5.82 Å². The van der Waals surface area contributed by atoms with Crippen molar-refractivity contribution in [3.05, 3.63) is 66.4 Å². The number of nitrogens with zero attached hydrogens (tertiary/aromatic N) is 6. The zero-order valence-corrected chi connectivity index (χ0v) is 18.2. The molecule has 1 saturated heterocycles. The van der Waals surface area contributed by atoms with Crippen LogP contribution in [0.1, 0.15) is 11.1 Å². The fourth-order valence-corrected chi connectivity index (χ4v) is 4.16. The molecule has 9 heteroatoms. The molecule has 0 radical (unpaired) electrons. The summed E-state index contributed by atoms with van der Waals surface area (Å²) < 4.78 is 3.58. The van der Waals surface area contributed by atoms with Gasteiger partial charge in [0, 0.05) is 56.7 Å². The van der Waals surface area contributed by atoms with Gasteiger partial charge in [-0.05, 0) is 18.6 Å². The Morgan fingerprint density at radius 2 is 1.94 bits per heavy atom. The summed E-state index contributed by atoms with van der Waals surface area (Å²) >= 11 is 0. The number of anilines is 1. The molecule has 1 aliphatic heterocycles. The van der Waals surface area contributed by atoms with E-state index in [4.69, 9.17) is 5.73 Å². The van der Waals surface area contributed by atoms with Crippen LogP contribution < -0.4 is 16.0 Å². The van der Waals surface area contributed by atoms with Gasteiger partial charge in [0.2, 0.25) is 5.91 Å². The molecule has 3 N–H and O–H groups in total. The highest BCUT2D eigenvalue weighted by Gasteiger charge is 2.49. The standard InChI is InChI=1S/C23H26N8O/c1-16-3-5-17(6-4-16)8-25-22(32)23(12-24)13-30(14-23)21-20-7-18(11-31(20)28-15-26-21)19-9-27-29(2)10-19/h3-7,9-11,15H,8,12-14,24H2,1-2H3,(H,25,32). The molecule has 1 aliphatic rings. The van der Waals surface area contributed by atoms with Gasteiger partial charge in [0.25, 0.3) is 0 Å². The van der Waals surface area contributed by atoms with Gasteiger partial charge in [-0.15, -0.1) is 0 Å². The number of hydrogen-bond acceptors (Lipinski definition) is 6. The second-order valence-corrected chi connectivity index (χ2v) is 8.55. The highest BCUT2D eigenvalue weighted by molar-refractivity contribution is 5.88. The quantitative estimate of drug-likeness (QED) is 0.480. The normalized spacial score (nSPS) is 15.0. The largest absolute Gasteiger partial charge is 0.352 e. The highest BCUT2D eigenvalue weighted by Crippen LogP contribution is 2.36. The smallest absolute Gasteiger partial charge is 0.231 e. The summed E-state index contributed by atoms with van der Waals surface area (Å²) in [5.41, 5.74) is 10.6. The van der Waals surface area contributed by atoms with Crippen LogP contribution in [0.5, 0.6) is 0 Å². The highest BCUT2D eigenvalue weighted by atomic mass is 16.2. The molecule has 0 unspecified atom stereocenters. The van der Waals surface area contributed by atoms with Crippen LogP contribution in [-0.4, -0.2) is 49.9 Å². The van der Waals surface area contributed by atoms with Crippen LogP contribution in [0.3, 0.4) is 0 Å². The fourth-order valence-electron chi connectivity index (χ4n) is 4.16. The van der Waals surface area contributed by atoms with Crippen molar-refractivity contribution >= 4 is 17.2 Å². The number of fused-ring (bicyclic) bond motifs is 1. The summed E-state index contributed by atoms with van der Waals surface area (Å²) in [5, 5.41) is 11.6. The van der Waals surface area contributed by atoms with Crippen molar-refractivity contribution in [1.82, 2.24) is 29.7 Å². The first-order chi connectivity index (χ1) is 15.5. The summed E-state index contributed by atoms with van der Waals surface area (Å²) in [5.74, 6) is 0.777. The van der Waals surface area contributed by atoms with Gasteiger partial charge in [-0.25, -0.2) is 9.50 Å². The lowest BCUT2D eigenvalue weighted by molar-refractivity contribution is -0.132. The van der Waals surface area contributed by atoms with Crippen LogP contribution in [0.15, 0.2) is 55.2 Å². The van der Waals surface area contributed by atoms with Crippen LogP contribution >= 0.6 is 0 Å². The monoisotopic (exact) mass is 430 g/mol. The topological polar surface area (TPSA) is 106 Å². The predicted octanol–water partition coefficient (Wildman–Crippen LogP) is 1.52. The number of rotatable bonds is 6. The van der Waals surface area contributed by atoms with Gasteiger partial charge in [-0.1, -0.05) is 29.8 Å². The van der Waals surface area contributed by atoms with Crippen molar-refractivity contribution in [2.45, 2.75) is 13.5 Å². The third kappa shape index (κ3) is 3.50. The van der Waals surface area contributed by atoms with Gasteiger partial charge in [0.1, 0.15) is 11.8 Å². The second-order valence-electron chi connectivity index (χ2n) is 8.55. The van der Waals surface area contributed by atoms with Crippen molar-refractivity contribution in [3.63, 3.8) is 0 Å². The Hall–Kier alpha value is -3.72. The summed E-state index contributed by atoms with van der Waals surface area (Å²) in [4.78, 5) is 19.6. The van der Waals surface area contributed by atoms with Crippen molar-refractivity contribution in [3.8, 4) is 11.1 Å². The third-order valence-corrected chi connectivity index (χ3v) is 6.16. The third-order valence-electron chi connectivity index (χ3n) is 6.16. The van der Waals surface area contributed by atoms with Gasteiger partial charge < -0.3 is 16.0 Å². The molecule has 164 valence electrons. The molecular weight excluding hydrogens is 404 g/mol. The number of carbonyl (C=O) groups is 1. The van der Waals surface area contributed by atoms with Crippen LogP contribution in [-0.2, 0) is 18.4 Å². The minimum Gasteiger partial charge on any atom is -0.352 e. The van der Waals surface area contributed by atoms with E-state index in [-0.39, 0.29) is 12.5 Å². The lowest BCUT2D eigenvalue weighted by atomic mass is 9.78. The van der Waals surface area contributed by atoms with Crippen molar-refractivity contribution in [1.29, 1.82) is 0 Å². The van der Waals surface area contributed by atoms with Crippen molar-refractivity contribution < 1.29 is 4.79 Å². The molecule has 3 aromatic heterocycles. The number of nitrogens with two attached hydrogens (primary N) is 1. The van der Waals surface area contributed by atoms with E-state index in [0.29, 0.717) is 19.6 Å². The van der Waals surface area contributed by atoms with E-state index >= 15 is 0 Å². The number of nitrogens with one attached hydrogen (secondary N) is 1. The van der Waals surface area contributed by atoms with Crippen LogP contribution in [0.4, 0.5) is 5.82 Å². The Bertz CT molecular complexity index is 1270. The predicted molar refractivity (Wildman–Crippen MR) is 122 cm³/mol. The summed E-state index contributed by atoms with van der Waals surface area (Å²) in [7, 11) is 1.89. The maximum Gasteiger partial charge on any atom is 0.231 e. The fraction of sp³-hybridized carbons (Fsp3) is 0.304. The summed E-state index contributed by atoms with van der Waals surface area (Å²) in [6.07, 6.45) is 7.28. The Balaban J connectivity index is 1.32. The SMILES string of the molecule is Cc1ccc(CNC(=O)C2(CN)CN(c3ncnn4cc(-c5cnn(C)c5)cc34)C2)cc1. The molecule has 0 aliphatic carbocycles. The van der Waals surface area contributed by atoms with Crippen molar-refractivity contribution in [2.24, 2.45) is 18.2 Å². The minimum atomic E-state index is -0.620. The zero-order valence-electron chi connectivity index (χ0n) is 18.2. The molecule has 0 atom stereocenters. The molecule has 0 spiro atoms. The molecule has 5 rings (SSSR count). The van der Waals surface area contributed by atoms with Crippen molar-refractivity contribution in [2.75, 3.05) is 24.5 Å². The lowest BCUT2D eigenvalue weighted by Crippen LogP contribution is -2.66. The molecule has 1 aromatic carbocycles. The number of aryl methyl sites for hydroxylation is 2. The molecular formula is C23H26N8O. The first-order valence-corrected chi connectivity index (χ1v) is 10.6. The lowest BCUT2D eigenvalue weighted by Gasteiger charge is -2.48. The average Bonchev–Trinajstić information content (AvgIpc) is 3.39. The maximum atomic E-state index is 13.0. The molecule has 0 saturated carbocycles. The number of amides is 1. The number of carbonyl (C=O) groups excluding carboxylic acids is 1. The summed E-state index contributed by atoms with van der Waals surface area (Å²) in [6.45, 7) is 3.86. The van der Waals surface area contributed by atoms with Crippen LogP contribution in [0, 0.1) is 12.3 Å². The zero-order chi connectivity index (χ0) is 22.3. The van der Waals surface area contributed by atoms with Crippen LogP contribution in [0.2, 0.25) is 0 Å². The molecule has 9 nitrogen and oxygen atoms in total. The Kier molecular flexibility index (Phi) is 4.90. The van der Waals surface area contributed by atoms with E-state index in [9.17, 15) is 4.79 Å². The average molecular weight is 431 g/mol. The van der Waals surface area contributed by atoms with E-state index in [2.05, 4.69) is 25.4 Å². The molecule has 4 heterocycles. The maximum absolute atomic E-state index is 13.0. The molecule has 1 fully saturated rings. The van der Waals surface area contributed by atoms with Crippen LogP contribution in [0.25, 0.3) is 16.6 Å². The van der Waals surface area contributed by atoms with Gasteiger partial charge in [-0.3, -0.25) is 9.48 Å². The second kappa shape index (κ2) is 7.76.